The summed E-state index contributed by atoms with van der Waals surface area (Å²) in [6, 6.07) is 39.1. The fraction of sp³-hybridized carbons (Fsp3) is 0.167. The number of aromatic nitrogens is 1. The van der Waals surface area contributed by atoms with Gasteiger partial charge in [-0.3, -0.25) is 4.79 Å². The Morgan fingerprint density at radius 3 is 2.12 bits per heavy atom. The fourth-order valence-electron chi connectivity index (χ4n) is 7.09. The van der Waals surface area contributed by atoms with Gasteiger partial charge in [0.25, 0.3) is 0 Å². The number of carboxylic acids is 1. The molecule has 1 atom stereocenters. The summed E-state index contributed by atoms with van der Waals surface area (Å²) in [4.78, 5) is 10.8. The molecule has 6 nitrogen and oxygen atoms in total. The van der Waals surface area contributed by atoms with Crippen molar-refractivity contribution in [3.63, 3.8) is 0 Å². The molecule has 6 aromatic carbocycles. The summed E-state index contributed by atoms with van der Waals surface area (Å²) in [5.74, 6) is -1.18. The highest BCUT2D eigenvalue weighted by atomic mass is 32.2. The number of benzene rings is 6. The first kappa shape index (κ1) is 33.2. The molecule has 252 valence electrons. The molecular weight excluding hydrogens is 648 g/mol. The van der Waals surface area contributed by atoms with Crippen LogP contribution in [0.2, 0.25) is 0 Å². The number of halogens is 1. The molecular formula is C42H37FN2O4S. The molecule has 1 aromatic heterocycles. The van der Waals surface area contributed by atoms with Gasteiger partial charge in [0.2, 0.25) is 10.0 Å². The zero-order valence-corrected chi connectivity index (χ0v) is 28.2. The topological polar surface area (TPSA) is 88.4 Å². The summed E-state index contributed by atoms with van der Waals surface area (Å²) in [6.07, 6.45) is 5.78. The third-order valence-electron chi connectivity index (χ3n) is 9.42. The molecule has 2 N–H and O–H groups in total. The summed E-state index contributed by atoms with van der Waals surface area (Å²) < 4.78 is 43.3. The highest BCUT2D eigenvalue weighted by Crippen LogP contribution is 2.34. The monoisotopic (exact) mass is 684 g/mol. The van der Waals surface area contributed by atoms with E-state index in [0.29, 0.717) is 13.0 Å². The largest absolute Gasteiger partial charge is 0.481 e. The summed E-state index contributed by atoms with van der Waals surface area (Å²) in [7, 11) is -3.46. The van der Waals surface area contributed by atoms with Gasteiger partial charge in [-0.2, -0.15) is 0 Å². The van der Waals surface area contributed by atoms with Crippen LogP contribution in [-0.4, -0.2) is 35.9 Å². The van der Waals surface area contributed by atoms with Gasteiger partial charge in [-0.25, -0.2) is 17.5 Å². The van der Waals surface area contributed by atoms with Crippen LogP contribution in [0.1, 0.15) is 29.5 Å². The van der Waals surface area contributed by atoms with Crippen molar-refractivity contribution in [1.82, 2.24) is 9.29 Å². The number of rotatable bonds is 8. The summed E-state index contributed by atoms with van der Waals surface area (Å²) in [5, 5.41) is 16.1. The van der Waals surface area contributed by atoms with Gasteiger partial charge in [0.05, 0.1) is 12.2 Å². The fourth-order valence-corrected chi connectivity index (χ4v) is 8.24. The van der Waals surface area contributed by atoms with Crippen molar-refractivity contribution in [2.75, 3.05) is 5.75 Å². The minimum absolute atomic E-state index is 0.103. The molecule has 0 unspecified atom stereocenters. The van der Waals surface area contributed by atoms with Crippen molar-refractivity contribution in [2.24, 2.45) is 0 Å². The molecule has 0 spiro atoms. The van der Waals surface area contributed by atoms with Crippen LogP contribution >= 0.6 is 0 Å². The van der Waals surface area contributed by atoms with Crippen molar-refractivity contribution in [1.29, 1.82) is 0 Å². The van der Waals surface area contributed by atoms with Crippen LogP contribution < -0.4 is 4.72 Å². The smallest absolute Gasteiger partial charge is 0.305 e. The maximum atomic E-state index is 13.0. The Labute approximate surface area is 290 Å². The van der Waals surface area contributed by atoms with E-state index in [2.05, 4.69) is 63.9 Å². The molecule has 8 rings (SSSR count). The Morgan fingerprint density at radius 2 is 1.42 bits per heavy atom. The van der Waals surface area contributed by atoms with Crippen LogP contribution in [0.5, 0.6) is 0 Å². The van der Waals surface area contributed by atoms with Gasteiger partial charge >= 0.3 is 5.97 Å². The number of hydrogen-bond acceptors (Lipinski definition) is 3. The molecule has 1 aliphatic rings. The quantitative estimate of drug-likeness (QED) is 0.157. The Morgan fingerprint density at radius 1 is 0.780 bits per heavy atom. The minimum Gasteiger partial charge on any atom is -0.481 e. The number of sulfonamides is 1. The highest BCUT2D eigenvalue weighted by Gasteiger charge is 2.24. The number of nitrogens with one attached hydrogen (secondary N) is 1. The third kappa shape index (κ3) is 7.18. The first-order chi connectivity index (χ1) is 24.3. The highest BCUT2D eigenvalue weighted by molar-refractivity contribution is 7.89. The van der Waals surface area contributed by atoms with Gasteiger partial charge in [-0.1, -0.05) is 109 Å². The average Bonchev–Trinajstić information content (AvgIpc) is 3.45. The maximum absolute atomic E-state index is 13.0. The van der Waals surface area contributed by atoms with Gasteiger partial charge in [0.1, 0.15) is 5.82 Å². The van der Waals surface area contributed by atoms with Crippen molar-refractivity contribution < 1.29 is 22.7 Å². The summed E-state index contributed by atoms with van der Waals surface area (Å²) in [5.41, 5.74) is 5.51. The average molecular weight is 685 g/mol. The second kappa shape index (κ2) is 14.3. The lowest BCUT2D eigenvalue weighted by Gasteiger charge is -2.26. The van der Waals surface area contributed by atoms with Crippen LogP contribution in [0.4, 0.5) is 4.39 Å². The first-order valence-electron chi connectivity index (χ1n) is 16.8. The molecule has 0 saturated carbocycles. The second-order valence-electron chi connectivity index (χ2n) is 12.7. The summed E-state index contributed by atoms with van der Waals surface area (Å²) in [6.45, 7) is 0.503. The molecule has 0 fully saturated rings. The standard InChI is InChI=1S/C27H24FNO2S.C15H13NO2/c28-22-12-7-19(8-13-22)4-3-17-32(30,31)29-23-14-9-21-11-15-25-24-6-2-1-5-20(24)10-16-26(25)27(21)18-23;17-15(18)9-10-16-13-7-3-1-5-11(13)12-6-2-4-8-14(12)16/h1-8,10-13,15-16,23,29H,9,14,17-18H2;1-8H,9-10H2,(H,17,18)/t23-;/m0./s1. The van der Waals surface area contributed by atoms with Gasteiger partial charge < -0.3 is 9.67 Å². The molecule has 0 bridgehead atoms. The van der Waals surface area contributed by atoms with Gasteiger partial charge in [-0.15, -0.1) is 0 Å². The second-order valence-corrected chi connectivity index (χ2v) is 14.5. The number of fused-ring (bicyclic) bond motifs is 8. The van der Waals surface area contributed by atoms with Crippen LogP contribution in [0.25, 0.3) is 49.4 Å². The number of aliphatic carboxylic acids is 1. The molecule has 0 aliphatic heterocycles. The maximum Gasteiger partial charge on any atom is 0.305 e. The van der Waals surface area contributed by atoms with Crippen LogP contribution in [0.3, 0.4) is 0 Å². The molecule has 8 heteroatoms. The van der Waals surface area contributed by atoms with Crippen LogP contribution in [0.15, 0.2) is 127 Å². The third-order valence-corrected chi connectivity index (χ3v) is 10.7. The number of carboxylic acid groups (broad SMARTS) is 1. The van der Waals surface area contributed by atoms with E-state index in [1.165, 1.54) is 55.6 Å². The Kier molecular flexibility index (Phi) is 9.48. The molecule has 0 radical (unpaired) electrons. The first-order valence-corrected chi connectivity index (χ1v) is 18.4. The van der Waals surface area contributed by atoms with Crippen molar-refractivity contribution in [2.45, 2.75) is 38.3 Å². The zero-order valence-electron chi connectivity index (χ0n) is 27.4. The molecule has 1 heterocycles. The Hall–Kier alpha value is -5.31. The summed E-state index contributed by atoms with van der Waals surface area (Å²) >= 11 is 0. The zero-order chi connectivity index (χ0) is 34.7. The van der Waals surface area contributed by atoms with E-state index >= 15 is 0 Å². The van der Waals surface area contributed by atoms with Crippen molar-refractivity contribution >= 4 is 65.4 Å². The van der Waals surface area contributed by atoms with E-state index in [1.807, 2.05) is 42.5 Å². The van der Waals surface area contributed by atoms with E-state index in [0.717, 1.165) is 29.4 Å². The molecule has 50 heavy (non-hydrogen) atoms. The van der Waals surface area contributed by atoms with Crippen LogP contribution in [-0.2, 0) is 34.2 Å². The number of hydrogen-bond donors (Lipinski definition) is 2. The van der Waals surface area contributed by atoms with E-state index in [4.69, 9.17) is 5.11 Å². The number of nitrogens with zero attached hydrogens (tertiary/aromatic N) is 1. The molecule has 7 aromatic rings. The molecule has 1 aliphatic carbocycles. The number of aryl methyl sites for hydroxylation is 2. The SMILES string of the molecule is O=C(O)CCn1c2ccccc2c2ccccc21.O=S(=O)(CC=Cc1ccc(F)cc1)N[C@H]1CCc2ccc3c(ccc4ccccc43)c2C1. The minimum atomic E-state index is -3.46. The molecule has 0 amide bonds. The lowest BCUT2D eigenvalue weighted by Crippen LogP contribution is -2.39. The van der Waals surface area contributed by atoms with E-state index in [9.17, 15) is 17.6 Å². The van der Waals surface area contributed by atoms with E-state index in [-0.39, 0.29) is 24.0 Å². The van der Waals surface area contributed by atoms with Crippen molar-refractivity contribution in [3.05, 3.63) is 150 Å². The Balaban J connectivity index is 0.000000184. The normalized spacial score (nSPS) is 14.6. The molecule has 0 saturated heterocycles. The number of para-hydroxylation sites is 2. The lowest BCUT2D eigenvalue weighted by atomic mass is 9.84. The lowest BCUT2D eigenvalue weighted by molar-refractivity contribution is -0.137. The van der Waals surface area contributed by atoms with Crippen molar-refractivity contribution in [3.8, 4) is 0 Å². The van der Waals surface area contributed by atoms with Gasteiger partial charge in [0.15, 0.2) is 0 Å². The predicted molar refractivity (Wildman–Crippen MR) is 201 cm³/mol. The van der Waals surface area contributed by atoms with Gasteiger partial charge in [0, 0.05) is 34.4 Å². The number of carbonyl (C=O) groups is 1. The predicted octanol–water partition coefficient (Wildman–Crippen LogP) is 8.89. The van der Waals surface area contributed by atoms with Crippen LogP contribution in [0, 0.1) is 5.82 Å². The Bertz CT molecular complexity index is 2430. The van der Waals surface area contributed by atoms with E-state index in [1.54, 1.807) is 24.3 Å². The van der Waals surface area contributed by atoms with Gasteiger partial charge in [-0.05, 0) is 81.8 Å². The van der Waals surface area contributed by atoms with E-state index < -0.39 is 16.0 Å².